The van der Waals surface area contributed by atoms with Crippen molar-refractivity contribution in [2.24, 2.45) is 0 Å². The summed E-state index contributed by atoms with van der Waals surface area (Å²) in [6.07, 6.45) is 7.89. The second kappa shape index (κ2) is 5.91. The lowest BCUT2D eigenvalue weighted by atomic mass is 9.86. The fourth-order valence-corrected chi connectivity index (χ4v) is 2.54. The van der Waals surface area contributed by atoms with E-state index < -0.39 is 0 Å². The quantitative estimate of drug-likeness (QED) is 0.806. The number of anilines is 1. The van der Waals surface area contributed by atoms with Gasteiger partial charge in [-0.2, -0.15) is 0 Å². The summed E-state index contributed by atoms with van der Waals surface area (Å²) in [4.78, 5) is 11.7. The SMILES string of the molecule is CCC=CCCC1CC(=O)Nc2cc(O)c(C)cc21. The molecular formula is C16H21NO2. The van der Waals surface area contributed by atoms with Crippen LogP contribution < -0.4 is 5.32 Å². The zero-order chi connectivity index (χ0) is 13.8. The van der Waals surface area contributed by atoms with Crippen molar-refractivity contribution in [2.75, 3.05) is 5.32 Å². The maximum Gasteiger partial charge on any atom is 0.224 e. The van der Waals surface area contributed by atoms with Crippen LogP contribution >= 0.6 is 0 Å². The lowest BCUT2D eigenvalue weighted by Gasteiger charge is -2.26. The van der Waals surface area contributed by atoms with Gasteiger partial charge >= 0.3 is 0 Å². The first-order chi connectivity index (χ1) is 9.11. The number of aromatic hydroxyl groups is 1. The van der Waals surface area contributed by atoms with Crippen molar-refractivity contribution in [3.05, 3.63) is 35.4 Å². The van der Waals surface area contributed by atoms with E-state index in [0.29, 0.717) is 6.42 Å². The van der Waals surface area contributed by atoms with Gasteiger partial charge in [0, 0.05) is 18.2 Å². The summed E-state index contributed by atoms with van der Waals surface area (Å²) in [5, 5.41) is 12.6. The molecule has 3 nitrogen and oxygen atoms in total. The van der Waals surface area contributed by atoms with Gasteiger partial charge in [0.15, 0.2) is 0 Å². The number of benzene rings is 1. The van der Waals surface area contributed by atoms with Gasteiger partial charge in [-0.15, -0.1) is 0 Å². The second-order valence-corrected chi connectivity index (χ2v) is 5.13. The van der Waals surface area contributed by atoms with Crippen LogP contribution in [0.15, 0.2) is 24.3 Å². The number of nitrogens with one attached hydrogen (secondary N) is 1. The number of phenols is 1. The lowest BCUT2D eigenvalue weighted by molar-refractivity contribution is -0.116. The maximum atomic E-state index is 11.7. The Morgan fingerprint density at radius 3 is 2.95 bits per heavy atom. The van der Waals surface area contributed by atoms with Crippen LogP contribution in [0.2, 0.25) is 0 Å². The van der Waals surface area contributed by atoms with E-state index in [1.54, 1.807) is 6.07 Å². The molecule has 0 aliphatic carbocycles. The molecule has 1 unspecified atom stereocenters. The first-order valence-electron chi connectivity index (χ1n) is 6.90. The molecule has 1 heterocycles. The minimum Gasteiger partial charge on any atom is -0.508 e. The van der Waals surface area contributed by atoms with E-state index in [1.807, 2.05) is 13.0 Å². The Hall–Kier alpha value is -1.77. The van der Waals surface area contributed by atoms with Crippen molar-refractivity contribution in [3.63, 3.8) is 0 Å². The third kappa shape index (κ3) is 3.16. The van der Waals surface area contributed by atoms with Crippen LogP contribution in [0.1, 0.15) is 49.7 Å². The van der Waals surface area contributed by atoms with E-state index >= 15 is 0 Å². The van der Waals surface area contributed by atoms with Crippen molar-refractivity contribution < 1.29 is 9.90 Å². The summed E-state index contributed by atoms with van der Waals surface area (Å²) in [6, 6.07) is 3.66. The highest BCUT2D eigenvalue weighted by atomic mass is 16.3. The number of hydrogen-bond acceptors (Lipinski definition) is 2. The van der Waals surface area contributed by atoms with Crippen LogP contribution in [0.3, 0.4) is 0 Å². The largest absolute Gasteiger partial charge is 0.508 e. The van der Waals surface area contributed by atoms with Gasteiger partial charge < -0.3 is 10.4 Å². The molecule has 0 aromatic heterocycles. The summed E-state index contributed by atoms with van der Waals surface area (Å²) >= 11 is 0. The normalized spacial score (nSPS) is 18.4. The van der Waals surface area contributed by atoms with E-state index in [9.17, 15) is 9.90 Å². The van der Waals surface area contributed by atoms with Crippen molar-refractivity contribution in [1.82, 2.24) is 0 Å². The molecule has 0 fully saturated rings. The summed E-state index contributed by atoms with van der Waals surface area (Å²) in [5.74, 6) is 0.537. The van der Waals surface area contributed by atoms with E-state index in [1.165, 1.54) is 0 Å². The van der Waals surface area contributed by atoms with E-state index in [-0.39, 0.29) is 17.6 Å². The second-order valence-electron chi connectivity index (χ2n) is 5.13. The molecule has 19 heavy (non-hydrogen) atoms. The topological polar surface area (TPSA) is 49.3 Å². The van der Waals surface area contributed by atoms with Crippen molar-refractivity contribution in [1.29, 1.82) is 0 Å². The van der Waals surface area contributed by atoms with Gasteiger partial charge in [0.05, 0.1) is 0 Å². The number of hydrogen-bond donors (Lipinski definition) is 2. The van der Waals surface area contributed by atoms with Crippen molar-refractivity contribution in [2.45, 2.75) is 45.4 Å². The first kappa shape index (κ1) is 13.7. The van der Waals surface area contributed by atoms with Crippen LogP contribution in [0.5, 0.6) is 5.75 Å². The fraction of sp³-hybridized carbons (Fsp3) is 0.438. The minimum atomic E-state index is 0.0419. The molecule has 1 amide bonds. The number of allylic oxidation sites excluding steroid dienone is 2. The molecule has 0 saturated heterocycles. The molecule has 102 valence electrons. The number of fused-ring (bicyclic) bond motifs is 1. The van der Waals surface area contributed by atoms with Crippen LogP contribution in [-0.2, 0) is 4.79 Å². The van der Waals surface area contributed by atoms with Gasteiger partial charge in [-0.3, -0.25) is 4.79 Å². The van der Waals surface area contributed by atoms with Crippen LogP contribution in [0, 0.1) is 6.92 Å². The Bertz CT molecular complexity index is 506. The third-order valence-electron chi connectivity index (χ3n) is 3.60. The number of amides is 1. The average Bonchev–Trinajstić information content (AvgIpc) is 2.36. The predicted molar refractivity (Wildman–Crippen MR) is 77.5 cm³/mol. The van der Waals surface area contributed by atoms with Gasteiger partial charge in [-0.25, -0.2) is 0 Å². The van der Waals surface area contributed by atoms with E-state index in [4.69, 9.17) is 0 Å². The number of carbonyl (C=O) groups is 1. The Balaban J connectivity index is 2.20. The molecular weight excluding hydrogens is 238 g/mol. The average molecular weight is 259 g/mol. The van der Waals surface area contributed by atoms with Crippen LogP contribution in [-0.4, -0.2) is 11.0 Å². The molecule has 0 bridgehead atoms. The summed E-state index contributed by atoms with van der Waals surface area (Å²) < 4.78 is 0. The highest BCUT2D eigenvalue weighted by Gasteiger charge is 2.25. The predicted octanol–water partition coefficient (Wildman–Crippen LogP) is 3.87. The van der Waals surface area contributed by atoms with E-state index in [0.717, 1.165) is 36.1 Å². The number of phenolic OH excluding ortho intramolecular Hbond substituents is 1. The molecule has 0 radical (unpaired) electrons. The van der Waals surface area contributed by atoms with Crippen molar-refractivity contribution in [3.8, 4) is 5.75 Å². The first-order valence-corrected chi connectivity index (χ1v) is 6.90. The monoisotopic (exact) mass is 259 g/mol. The molecule has 1 aromatic rings. The Morgan fingerprint density at radius 1 is 1.42 bits per heavy atom. The van der Waals surface area contributed by atoms with Gasteiger partial charge in [-0.05, 0) is 43.2 Å². The zero-order valence-corrected chi connectivity index (χ0v) is 11.6. The van der Waals surface area contributed by atoms with Gasteiger partial charge in [0.2, 0.25) is 5.91 Å². The zero-order valence-electron chi connectivity index (χ0n) is 11.6. The van der Waals surface area contributed by atoms with Gasteiger partial charge in [0.1, 0.15) is 5.75 Å². The van der Waals surface area contributed by atoms with Crippen molar-refractivity contribution >= 4 is 11.6 Å². The lowest BCUT2D eigenvalue weighted by Crippen LogP contribution is -2.23. The Labute approximate surface area is 114 Å². The number of aryl methyl sites for hydroxylation is 1. The highest BCUT2D eigenvalue weighted by molar-refractivity contribution is 5.95. The Kier molecular flexibility index (Phi) is 4.25. The molecule has 0 saturated carbocycles. The highest BCUT2D eigenvalue weighted by Crippen LogP contribution is 2.38. The molecule has 1 atom stereocenters. The molecule has 2 N–H and O–H groups in total. The molecule has 2 rings (SSSR count). The minimum absolute atomic E-state index is 0.0419. The molecule has 1 aliphatic heterocycles. The summed E-state index contributed by atoms with van der Waals surface area (Å²) in [7, 11) is 0. The molecule has 0 spiro atoms. The summed E-state index contributed by atoms with van der Waals surface area (Å²) in [6.45, 7) is 4.01. The van der Waals surface area contributed by atoms with Crippen LogP contribution in [0.25, 0.3) is 0 Å². The maximum absolute atomic E-state index is 11.7. The molecule has 1 aliphatic rings. The Morgan fingerprint density at radius 2 is 2.21 bits per heavy atom. The van der Waals surface area contributed by atoms with Crippen LogP contribution in [0.4, 0.5) is 5.69 Å². The number of rotatable bonds is 4. The molecule has 1 aromatic carbocycles. The fourth-order valence-electron chi connectivity index (χ4n) is 2.54. The van der Waals surface area contributed by atoms with Gasteiger partial charge in [-0.1, -0.05) is 25.1 Å². The third-order valence-corrected chi connectivity index (χ3v) is 3.60. The smallest absolute Gasteiger partial charge is 0.224 e. The van der Waals surface area contributed by atoms with E-state index in [2.05, 4.69) is 24.4 Å². The van der Waals surface area contributed by atoms with Gasteiger partial charge in [0.25, 0.3) is 0 Å². The number of carbonyl (C=O) groups excluding carboxylic acids is 1. The summed E-state index contributed by atoms with van der Waals surface area (Å²) in [5.41, 5.74) is 2.78. The standard InChI is InChI=1S/C16H21NO2/c1-3-4-5-6-7-12-9-16(19)17-14-10-15(18)11(2)8-13(12)14/h4-5,8,10,12,18H,3,6-7,9H2,1-2H3,(H,17,19). The molecule has 3 heteroatoms.